The Labute approximate surface area is 125 Å². The zero-order valence-corrected chi connectivity index (χ0v) is 13.0. The van der Waals surface area contributed by atoms with Gasteiger partial charge in [0.25, 0.3) is 0 Å². The highest BCUT2D eigenvalue weighted by molar-refractivity contribution is 6.00. The maximum atomic E-state index is 12.3. The molecule has 0 unspecified atom stereocenters. The van der Waals surface area contributed by atoms with Crippen LogP contribution < -0.4 is 0 Å². The van der Waals surface area contributed by atoms with Crippen molar-refractivity contribution < 1.29 is 15.0 Å². The fourth-order valence-electron chi connectivity index (χ4n) is 2.98. The minimum atomic E-state index is -0.167. The second-order valence-corrected chi connectivity index (χ2v) is 6.27. The molecular formula is C16H24N2O3. The molecule has 2 rings (SSSR count). The lowest BCUT2D eigenvalue weighted by Gasteiger charge is -2.49. The van der Waals surface area contributed by atoms with Gasteiger partial charge in [-0.05, 0) is 52.5 Å². The number of hydrogen-bond donors (Lipinski definition) is 2. The molecule has 0 bridgehead atoms. The van der Waals surface area contributed by atoms with E-state index in [0.717, 1.165) is 19.4 Å². The number of rotatable bonds is 6. The van der Waals surface area contributed by atoms with Gasteiger partial charge in [0.15, 0.2) is 5.78 Å². The number of benzene rings is 1. The highest BCUT2D eigenvalue weighted by Gasteiger charge is 2.39. The summed E-state index contributed by atoms with van der Waals surface area (Å²) in [5, 5.41) is 19.0. The van der Waals surface area contributed by atoms with Crippen molar-refractivity contribution in [2.75, 3.05) is 34.2 Å². The van der Waals surface area contributed by atoms with Crippen molar-refractivity contribution >= 4 is 5.78 Å². The van der Waals surface area contributed by atoms with Gasteiger partial charge in [0.05, 0.1) is 12.1 Å². The normalized spacial score (nSPS) is 17.0. The number of likely N-dealkylation sites (N-methyl/N-ethyl adjacent to an activating group) is 2. The Hall–Kier alpha value is -1.59. The molecule has 21 heavy (non-hydrogen) atoms. The Morgan fingerprint density at radius 1 is 1.24 bits per heavy atom. The maximum absolute atomic E-state index is 12.3. The monoisotopic (exact) mass is 292 g/mol. The molecule has 0 aromatic heterocycles. The standard InChI is InChI=1S/C16H24N2O3/c1-17(2)16(7-4-8-16)11-18(3)10-15(21)13-6-5-12(19)9-14(13)20/h5-6,9,19-20H,4,7-8,10-11H2,1-3H3. The van der Waals surface area contributed by atoms with E-state index in [1.54, 1.807) is 0 Å². The van der Waals surface area contributed by atoms with Gasteiger partial charge in [0.2, 0.25) is 0 Å². The molecule has 0 amide bonds. The molecule has 1 aromatic carbocycles. The molecule has 0 spiro atoms. The summed E-state index contributed by atoms with van der Waals surface area (Å²) in [7, 11) is 6.10. The highest BCUT2D eigenvalue weighted by atomic mass is 16.3. The molecule has 5 heteroatoms. The number of carbonyl (C=O) groups is 1. The van der Waals surface area contributed by atoms with Crippen molar-refractivity contribution in [1.82, 2.24) is 9.80 Å². The second kappa shape index (κ2) is 6.03. The number of nitrogens with zero attached hydrogens (tertiary/aromatic N) is 2. The lowest BCUT2D eigenvalue weighted by molar-refractivity contribution is 0.0280. The molecule has 0 heterocycles. The van der Waals surface area contributed by atoms with Gasteiger partial charge in [-0.15, -0.1) is 0 Å². The van der Waals surface area contributed by atoms with E-state index in [1.807, 2.05) is 11.9 Å². The zero-order chi connectivity index (χ0) is 15.6. The second-order valence-electron chi connectivity index (χ2n) is 6.27. The molecule has 0 radical (unpaired) electrons. The molecule has 0 atom stereocenters. The van der Waals surface area contributed by atoms with Crippen molar-refractivity contribution in [3.05, 3.63) is 23.8 Å². The summed E-state index contributed by atoms with van der Waals surface area (Å²) in [6.45, 7) is 1.10. The van der Waals surface area contributed by atoms with E-state index in [-0.39, 0.29) is 34.9 Å². The van der Waals surface area contributed by atoms with Gasteiger partial charge < -0.3 is 15.1 Å². The third kappa shape index (κ3) is 3.36. The van der Waals surface area contributed by atoms with Crippen molar-refractivity contribution in [2.24, 2.45) is 0 Å². The van der Waals surface area contributed by atoms with Crippen molar-refractivity contribution in [3.63, 3.8) is 0 Å². The minimum Gasteiger partial charge on any atom is -0.508 e. The predicted molar refractivity (Wildman–Crippen MR) is 81.9 cm³/mol. The largest absolute Gasteiger partial charge is 0.508 e. The first-order valence-electron chi connectivity index (χ1n) is 7.25. The predicted octanol–water partition coefficient (Wildman–Crippen LogP) is 1.70. The van der Waals surface area contributed by atoms with E-state index in [1.165, 1.54) is 24.6 Å². The van der Waals surface area contributed by atoms with Gasteiger partial charge in [0.1, 0.15) is 11.5 Å². The Bertz CT molecular complexity index is 524. The smallest absolute Gasteiger partial charge is 0.180 e. The van der Waals surface area contributed by atoms with Gasteiger partial charge in [-0.1, -0.05) is 0 Å². The molecule has 2 N–H and O–H groups in total. The van der Waals surface area contributed by atoms with Crippen LogP contribution in [0.2, 0.25) is 0 Å². The highest BCUT2D eigenvalue weighted by Crippen LogP contribution is 2.36. The number of phenolic OH excluding ortho intramolecular Hbond substituents is 2. The van der Waals surface area contributed by atoms with Crippen molar-refractivity contribution in [1.29, 1.82) is 0 Å². The molecular weight excluding hydrogens is 268 g/mol. The number of carbonyl (C=O) groups excluding carboxylic acids is 1. The van der Waals surface area contributed by atoms with Crippen LogP contribution in [0.4, 0.5) is 0 Å². The Balaban J connectivity index is 1.99. The van der Waals surface area contributed by atoms with Crippen LogP contribution in [0, 0.1) is 0 Å². The summed E-state index contributed by atoms with van der Waals surface area (Å²) in [6, 6.07) is 4.08. The lowest BCUT2D eigenvalue weighted by Crippen LogP contribution is -2.57. The van der Waals surface area contributed by atoms with Crippen LogP contribution in [-0.2, 0) is 0 Å². The molecule has 1 saturated carbocycles. The average Bonchev–Trinajstić information content (AvgIpc) is 2.32. The Morgan fingerprint density at radius 2 is 1.90 bits per heavy atom. The third-order valence-electron chi connectivity index (χ3n) is 4.49. The van der Waals surface area contributed by atoms with Crippen LogP contribution in [0.1, 0.15) is 29.6 Å². The van der Waals surface area contributed by atoms with Crippen molar-refractivity contribution in [3.8, 4) is 11.5 Å². The fraction of sp³-hybridized carbons (Fsp3) is 0.562. The summed E-state index contributed by atoms with van der Waals surface area (Å²) in [5.41, 5.74) is 0.429. The van der Waals surface area contributed by atoms with E-state index in [4.69, 9.17) is 0 Å². The summed E-state index contributed by atoms with van der Waals surface area (Å²) in [6.07, 6.45) is 3.55. The summed E-state index contributed by atoms with van der Waals surface area (Å²) >= 11 is 0. The number of ketones is 1. The number of phenols is 2. The van der Waals surface area contributed by atoms with E-state index >= 15 is 0 Å². The van der Waals surface area contributed by atoms with Gasteiger partial charge in [0, 0.05) is 18.2 Å². The van der Waals surface area contributed by atoms with Crippen molar-refractivity contribution in [2.45, 2.75) is 24.8 Å². The summed E-state index contributed by atoms with van der Waals surface area (Å²) in [5.74, 6) is -0.346. The van der Waals surface area contributed by atoms with Crippen LogP contribution in [0.25, 0.3) is 0 Å². The molecule has 0 aliphatic heterocycles. The molecule has 1 aliphatic rings. The van der Waals surface area contributed by atoms with Crippen LogP contribution in [-0.4, -0.2) is 65.6 Å². The first-order chi connectivity index (χ1) is 9.84. The first-order valence-corrected chi connectivity index (χ1v) is 7.25. The van der Waals surface area contributed by atoms with Crippen LogP contribution in [0.5, 0.6) is 11.5 Å². The molecule has 1 aliphatic carbocycles. The van der Waals surface area contributed by atoms with E-state index < -0.39 is 0 Å². The maximum Gasteiger partial charge on any atom is 0.180 e. The molecule has 1 fully saturated rings. The van der Waals surface area contributed by atoms with E-state index in [2.05, 4.69) is 19.0 Å². The quantitative estimate of drug-likeness (QED) is 0.781. The zero-order valence-electron chi connectivity index (χ0n) is 13.0. The van der Waals surface area contributed by atoms with Gasteiger partial charge in [-0.25, -0.2) is 0 Å². The average molecular weight is 292 g/mol. The van der Waals surface area contributed by atoms with Crippen LogP contribution >= 0.6 is 0 Å². The van der Waals surface area contributed by atoms with Gasteiger partial charge >= 0.3 is 0 Å². The summed E-state index contributed by atoms with van der Waals surface area (Å²) in [4.78, 5) is 16.5. The molecule has 1 aromatic rings. The topological polar surface area (TPSA) is 64.0 Å². The van der Waals surface area contributed by atoms with E-state index in [0.29, 0.717) is 0 Å². The van der Waals surface area contributed by atoms with Crippen LogP contribution in [0.3, 0.4) is 0 Å². The fourth-order valence-corrected chi connectivity index (χ4v) is 2.98. The number of aromatic hydroxyl groups is 2. The first kappa shape index (κ1) is 15.8. The van der Waals surface area contributed by atoms with Gasteiger partial charge in [-0.2, -0.15) is 0 Å². The minimum absolute atomic E-state index is 0.0431. The Kier molecular flexibility index (Phi) is 4.54. The molecule has 116 valence electrons. The third-order valence-corrected chi connectivity index (χ3v) is 4.49. The molecule has 0 saturated heterocycles. The SMILES string of the molecule is CN(CC(=O)c1ccc(O)cc1O)CC1(N(C)C)CCC1. The van der Waals surface area contributed by atoms with E-state index in [9.17, 15) is 15.0 Å². The van der Waals surface area contributed by atoms with Gasteiger partial charge in [-0.3, -0.25) is 9.69 Å². The number of Topliss-reactive ketones (excluding diaryl/α,β-unsaturated/α-hetero) is 1. The lowest BCUT2D eigenvalue weighted by atomic mass is 9.75. The number of hydrogen-bond acceptors (Lipinski definition) is 5. The Morgan fingerprint density at radius 3 is 2.38 bits per heavy atom. The van der Waals surface area contributed by atoms with Crippen LogP contribution in [0.15, 0.2) is 18.2 Å². The molecule has 5 nitrogen and oxygen atoms in total. The summed E-state index contributed by atoms with van der Waals surface area (Å²) < 4.78 is 0.